The van der Waals surface area contributed by atoms with Gasteiger partial charge in [0.2, 0.25) is 0 Å². The standard InChI is InChI=1S/C28H32FN7O/c1-4-37-28-31-18(2)25-27(33-28)36(26(32-25)21-11-22(29)13-30-12-21)15-20-7-5-19(6-8-20)14-35-23-9-10-24(35)17-34(3)16-23/h5-8,11-13,23-24H,4,9-10,14-17H2,1-3H3/t23-,24+. The zero-order valence-corrected chi connectivity index (χ0v) is 21.6. The van der Waals surface area contributed by atoms with Crippen LogP contribution in [0.1, 0.15) is 36.6 Å². The number of likely N-dealkylation sites (tertiary alicyclic amines) is 1. The summed E-state index contributed by atoms with van der Waals surface area (Å²) in [5.74, 6) is 0.197. The molecule has 0 radical (unpaired) electrons. The number of ether oxygens (including phenoxy) is 1. The maximum atomic E-state index is 14.1. The Kier molecular flexibility index (Phi) is 6.34. The molecule has 2 atom stereocenters. The highest BCUT2D eigenvalue weighted by atomic mass is 19.1. The molecule has 0 spiro atoms. The predicted octanol–water partition coefficient (Wildman–Crippen LogP) is 4.06. The lowest BCUT2D eigenvalue weighted by Gasteiger charge is -2.39. The molecule has 2 bridgehead atoms. The normalized spacial score (nSPS) is 20.1. The number of fused-ring (bicyclic) bond motifs is 3. The molecule has 5 heterocycles. The van der Waals surface area contributed by atoms with Crippen molar-refractivity contribution in [2.24, 2.45) is 0 Å². The van der Waals surface area contributed by atoms with Crippen LogP contribution >= 0.6 is 0 Å². The molecule has 0 saturated carbocycles. The molecule has 1 aromatic carbocycles. The maximum absolute atomic E-state index is 14.1. The summed E-state index contributed by atoms with van der Waals surface area (Å²) in [5.41, 5.74) is 5.09. The smallest absolute Gasteiger partial charge is 0.318 e. The quantitative estimate of drug-likeness (QED) is 0.378. The molecule has 6 rings (SSSR count). The number of aryl methyl sites for hydroxylation is 1. The largest absolute Gasteiger partial charge is 0.464 e. The summed E-state index contributed by atoms with van der Waals surface area (Å²) < 4.78 is 21.7. The van der Waals surface area contributed by atoms with E-state index in [2.05, 4.69) is 56.1 Å². The minimum Gasteiger partial charge on any atom is -0.464 e. The maximum Gasteiger partial charge on any atom is 0.318 e. The number of imidazole rings is 1. The molecule has 0 aliphatic carbocycles. The molecule has 0 unspecified atom stereocenters. The number of rotatable bonds is 7. The Bertz CT molecular complexity index is 1410. The highest BCUT2D eigenvalue weighted by molar-refractivity contribution is 5.79. The summed E-state index contributed by atoms with van der Waals surface area (Å²) in [6.07, 6.45) is 5.41. The third kappa shape index (κ3) is 4.69. The molecule has 9 heteroatoms. The van der Waals surface area contributed by atoms with Gasteiger partial charge in [0.1, 0.15) is 17.2 Å². The van der Waals surface area contributed by atoms with E-state index >= 15 is 0 Å². The monoisotopic (exact) mass is 501 g/mol. The van der Waals surface area contributed by atoms with Gasteiger partial charge >= 0.3 is 6.01 Å². The van der Waals surface area contributed by atoms with Crippen LogP contribution in [-0.2, 0) is 13.1 Å². The van der Waals surface area contributed by atoms with Crippen molar-refractivity contribution in [3.05, 3.63) is 65.4 Å². The topological polar surface area (TPSA) is 72.2 Å². The van der Waals surface area contributed by atoms with Crippen LogP contribution in [0.4, 0.5) is 4.39 Å². The second-order valence-electron chi connectivity index (χ2n) is 10.2. The van der Waals surface area contributed by atoms with E-state index in [-0.39, 0.29) is 0 Å². The predicted molar refractivity (Wildman–Crippen MR) is 140 cm³/mol. The molecule has 0 N–H and O–H groups in total. The number of piperazine rings is 1. The minimum absolute atomic E-state index is 0.315. The van der Waals surface area contributed by atoms with E-state index in [0.29, 0.717) is 53.8 Å². The first-order valence-corrected chi connectivity index (χ1v) is 13.0. The second-order valence-corrected chi connectivity index (χ2v) is 10.2. The Morgan fingerprint density at radius 2 is 1.68 bits per heavy atom. The molecule has 8 nitrogen and oxygen atoms in total. The highest BCUT2D eigenvalue weighted by Crippen LogP contribution is 2.31. The lowest BCUT2D eigenvalue weighted by Crippen LogP contribution is -2.51. The van der Waals surface area contributed by atoms with Crippen molar-refractivity contribution < 1.29 is 9.13 Å². The fraction of sp³-hybridized carbons (Fsp3) is 0.429. The molecule has 2 saturated heterocycles. The van der Waals surface area contributed by atoms with Gasteiger partial charge < -0.3 is 14.2 Å². The lowest BCUT2D eigenvalue weighted by atomic mass is 10.1. The summed E-state index contributed by atoms with van der Waals surface area (Å²) >= 11 is 0. The number of likely N-dealkylation sites (N-methyl/N-ethyl adjacent to an activating group) is 1. The van der Waals surface area contributed by atoms with Gasteiger partial charge in [0.15, 0.2) is 5.65 Å². The number of nitrogens with zero attached hydrogens (tertiary/aromatic N) is 7. The average molecular weight is 502 g/mol. The van der Waals surface area contributed by atoms with E-state index in [0.717, 1.165) is 30.9 Å². The van der Waals surface area contributed by atoms with E-state index < -0.39 is 5.82 Å². The van der Waals surface area contributed by atoms with Gasteiger partial charge in [-0.25, -0.2) is 9.37 Å². The van der Waals surface area contributed by atoms with Gasteiger partial charge in [-0.2, -0.15) is 9.97 Å². The fourth-order valence-electron chi connectivity index (χ4n) is 5.81. The molecule has 2 aliphatic rings. The second kappa shape index (κ2) is 9.79. The zero-order valence-electron chi connectivity index (χ0n) is 21.6. The first-order valence-electron chi connectivity index (χ1n) is 13.0. The molecular formula is C28H32FN7O. The van der Waals surface area contributed by atoms with Crippen molar-refractivity contribution in [3.8, 4) is 17.4 Å². The first-order chi connectivity index (χ1) is 18.0. The minimum atomic E-state index is -0.406. The van der Waals surface area contributed by atoms with Crippen LogP contribution in [0.15, 0.2) is 42.7 Å². The van der Waals surface area contributed by atoms with Gasteiger partial charge in [-0.15, -0.1) is 0 Å². The van der Waals surface area contributed by atoms with Crippen LogP contribution in [0, 0.1) is 12.7 Å². The van der Waals surface area contributed by atoms with E-state index in [9.17, 15) is 4.39 Å². The lowest BCUT2D eigenvalue weighted by molar-refractivity contribution is 0.0760. The SMILES string of the molecule is CCOc1nc(C)c2nc(-c3cncc(F)c3)n(Cc3ccc(CN4[C@@H]5CC[C@H]4CN(C)C5)cc3)c2n1. The summed E-state index contributed by atoms with van der Waals surface area (Å²) in [6, 6.07) is 11.9. The third-order valence-electron chi connectivity index (χ3n) is 7.53. The Morgan fingerprint density at radius 1 is 0.973 bits per heavy atom. The number of hydrogen-bond acceptors (Lipinski definition) is 7. The Balaban J connectivity index is 1.32. The van der Waals surface area contributed by atoms with Crippen molar-refractivity contribution >= 4 is 11.2 Å². The van der Waals surface area contributed by atoms with Crippen LogP contribution in [-0.4, -0.2) is 73.1 Å². The number of benzene rings is 1. The van der Waals surface area contributed by atoms with Crippen LogP contribution in [0.25, 0.3) is 22.6 Å². The number of halogens is 1. The van der Waals surface area contributed by atoms with E-state index in [1.165, 1.54) is 30.7 Å². The van der Waals surface area contributed by atoms with Crippen LogP contribution in [0.3, 0.4) is 0 Å². The Morgan fingerprint density at radius 3 is 2.35 bits per heavy atom. The fourth-order valence-corrected chi connectivity index (χ4v) is 5.81. The molecule has 3 aromatic heterocycles. The molecule has 2 fully saturated rings. The molecule has 192 valence electrons. The van der Waals surface area contributed by atoms with Crippen molar-refractivity contribution in [2.75, 3.05) is 26.7 Å². The van der Waals surface area contributed by atoms with Gasteiger partial charge in [-0.05, 0) is 50.9 Å². The number of hydrogen-bond donors (Lipinski definition) is 0. The van der Waals surface area contributed by atoms with Gasteiger partial charge in [0, 0.05) is 43.5 Å². The van der Waals surface area contributed by atoms with Gasteiger partial charge in [0.05, 0.1) is 25.0 Å². The van der Waals surface area contributed by atoms with Crippen LogP contribution in [0.5, 0.6) is 6.01 Å². The summed E-state index contributed by atoms with van der Waals surface area (Å²) in [5, 5.41) is 0. The Labute approximate surface area is 216 Å². The van der Waals surface area contributed by atoms with E-state index in [1.807, 2.05) is 18.4 Å². The summed E-state index contributed by atoms with van der Waals surface area (Å²) in [7, 11) is 2.23. The highest BCUT2D eigenvalue weighted by Gasteiger charge is 2.38. The van der Waals surface area contributed by atoms with E-state index in [1.54, 1.807) is 6.20 Å². The molecule has 37 heavy (non-hydrogen) atoms. The first kappa shape index (κ1) is 23.9. The zero-order chi connectivity index (χ0) is 25.5. The average Bonchev–Trinajstić information content (AvgIpc) is 3.34. The van der Waals surface area contributed by atoms with Crippen molar-refractivity contribution in [3.63, 3.8) is 0 Å². The number of aromatic nitrogens is 5. The molecule has 2 aliphatic heterocycles. The summed E-state index contributed by atoms with van der Waals surface area (Å²) in [6.45, 7) is 8.09. The van der Waals surface area contributed by atoms with Gasteiger partial charge in [-0.1, -0.05) is 24.3 Å². The molecule has 0 amide bonds. The molecular weight excluding hydrogens is 469 g/mol. The summed E-state index contributed by atoms with van der Waals surface area (Å²) in [4.78, 5) is 23.1. The third-order valence-corrected chi connectivity index (χ3v) is 7.53. The number of pyridine rings is 1. The van der Waals surface area contributed by atoms with E-state index in [4.69, 9.17) is 9.72 Å². The van der Waals surface area contributed by atoms with Crippen molar-refractivity contribution in [2.45, 2.75) is 51.9 Å². The van der Waals surface area contributed by atoms with Gasteiger partial charge in [-0.3, -0.25) is 9.88 Å². The van der Waals surface area contributed by atoms with Crippen molar-refractivity contribution in [1.29, 1.82) is 0 Å². The van der Waals surface area contributed by atoms with Crippen LogP contribution in [0.2, 0.25) is 0 Å². The van der Waals surface area contributed by atoms with Crippen molar-refractivity contribution in [1.82, 2.24) is 34.3 Å². The van der Waals surface area contributed by atoms with Gasteiger partial charge in [0.25, 0.3) is 0 Å². The van der Waals surface area contributed by atoms with Crippen LogP contribution < -0.4 is 4.74 Å². The Hall–Kier alpha value is -3.43. The molecule has 4 aromatic rings.